The minimum atomic E-state index is -0.420. The van der Waals surface area contributed by atoms with Gasteiger partial charge in [0.2, 0.25) is 0 Å². The van der Waals surface area contributed by atoms with E-state index >= 15 is 0 Å². The summed E-state index contributed by atoms with van der Waals surface area (Å²) in [7, 11) is 3.40. The van der Waals surface area contributed by atoms with E-state index in [-0.39, 0.29) is 23.6 Å². The Morgan fingerprint density at radius 1 is 1.16 bits per heavy atom. The summed E-state index contributed by atoms with van der Waals surface area (Å²) in [6.45, 7) is 10.6. The number of nitrogens with zero attached hydrogens (tertiary/aromatic N) is 2. The average molecular weight is 596 g/mol. The minimum Gasteiger partial charge on any atom is -0.492 e. The smallest absolute Gasteiger partial charge is 0.323 e. The van der Waals surface area contributed by atoms with E-state index in [0.717, 1.165) is 79.2 Å². The molecule has 0 bridgehead atoms. The van der Waals surface area contributed by atoms with E-state index in [1.54, 1.807) is 11.7 Å². The Morgan fingerprint density at radius 3 is 2.63 bits per heavy atom. The molecule has 3 heterocycles. The van der Waals surface area contributed by atoms with Crippen molar-refractivity contribution >= 4 is 17.4 Å². The van der Waals surface area contributed by atoms with Crippen molar-refractivity contribution in [3.05, 3.63) is 57.5 Å². The third-order valence-corrected chi connectivity index (χ3v) is 8.43. The number of hydrogen-bond acceptors (Lipinski definition) is 8. The first kappa shape index (κ1) is 32.9. The van der Waals surface area contributed by atoms with Crippen LogP contribution in [0.25, 0.3) is 0 Å². The van der Waals surface area contributed by atoms with Crippen LogP contribution >= 0.6 is 0 Å². The second kappa shape index (κ2) is 15.6. The third kappa shape index (κ3) is 9.00. The summed E-state index contributed by atoms with van der Waals surface area (Å²) in [5.74, 6) is 1.49. The molecule has 0 spiro atoms. The molecule has 9 nitrogen and oxygen atoms in total. The fraction of sp³-hybridized carbons (Fsp3) is 0.618. The highest BCUT2D eigenvalue weighted by Gasteiger charge is 2.28. The highest BCUT2D eigenvalue weighted by molar-refractivity contribution is 6.04. The number of benzene rings is 1. The summed E-state index contributed by atoms with van der Waals surface area (Å²) in [6.07, 6.45) is 6.74. The summed E-state index contributed by atoms with van der Waals surface area (Å²) in [5, 5.41) is 3.30. The molecule has 2 aliphatic rings. The fourth-order valence-corrected chi connectivity index (χ4v) is 6.10. The molecule has 1 aromatic carbocycles. The van der Waals surface area contributed by atoms with Gasteiger partial charge in [-0.2, -0.15) is 0 Å². The Bertz CT molecular complexity index is 1290. The van der Waals surface area contributed by atoms with Gasteiger partial charge in [-0.05, 0) is 87.6 Å². The number of hydrogen-bond donors (Lipinski definition) is 1. The number of esters is 1. The first-order chi connectivity index (χ1) is 20.7. The number of nitrogens with one attached hydrogen (secondary N) is 1. The van der Waals surface area contributed by atoms with Crippen LogP contribution in [0.5, 0.6) is 5.75 Å². The number of rotatable bonds is 13. The molecule has 0 saturated carbocycles. The lowest BCUT2D eigenvalue weighted by Gasteiger charge is -2.27. The zero-order valence-corrected chi connectivity index (χ0v) is 26.7. The van der Waals surface area contributed by atoms with E-state index in [1.807, 2.05) is 59.1 Å². The van der Waals surface area contributed by atoms with Crippen LogP contribution < -0.4 is 15.6 Å². The topological polar surface area (TPSA) is 100 Å². The molecule has 0 radical (unpaired) electrons. The van der Waals surface area contributed by atoms with Crippen LogP contribution in [-0.2, 0) is 32.5 Å². The Hall–Kier alpha value is -3.01. The SMILES string of the molecule is COC[C@H](C)OC(=O)[C@@H](NCCOc1ccc2c(c1)CCC(CC1CCOCC1)C(c1cc(C)c(=O)n(C)c1)=N2)C(C)C. The van der Waals surface area contributed by atoms with Crippen molar-refractivity contribution in [2.75, 3.05) is 40.1 Å². The van der Waals surface area contributed by atoms with Gasteiger partial charge < -0.3 is 28.8 Å². The van der Waals surface area contributed by atoms with Crippen LogP contribution in [0.4, 0.5) is 5.69 Å². The molecular weight excluding hydrogens is 546 g/mol. The molecule has 0 amide bonds. The molecule has 3 atom stereocenters. The van der Waals surface area contributed by atoms with E-state index < -0.39 is 6.04 Å². The largest absolute Gasteiger partial charge is 0.492 e. The maximum absolute atomic E-state index is 12.6. The van der Waals surface area contributed by atoms with Gasteiger partial charge >= 0.3 is 5.97 Å². The first-order valence-corrected chi connectivity index (χ1v) is 15.7. The van der Waals surface area contributed by atoms with Crippen LogP contribution in [0.1, 0.15) is 63.1 Å². The van der Waals surface area contributed by atoms with Gasteiger partial charge in [-0.1, -0.05) is 13.8 Å². The van der Waals surface area contributed by atoms with Crippen molar-refractivity contribution in [1.82, 2.24) is 9.88 Å². The van der Waals surface area contributed by atoms with Crippen molar-refractivity contribution in [3.8, 4) is 5.75 Å². The molecular formula is C34H49N3O6. The molecule has 43 heavy (non-hydrogen) atoms. The molecule has 2 aliphatic heterocycles. The van der Waals surface area contributed by atoms with Gasteiger partial charge in [-0.25, -0.2) is 0 Å². The molecule has 1 unspecified atom stereocenters. The second-order valence-electron chi connectivity index (χ2n) is 12.4. The van der Waals surface area contributed by atoms with Gasteiger partial charge in [-0.15, -0.1) is 0 Å². The lowest BCUT2D eigenvalue weighted by atomic mass is 9.82. The number of fused-ring (bicyclic) bond motifs is 1. The quantitative estimate of drug-likeness (QED) is 0.263. The van der Waals surface area contributed by atoms with Crippen molar-refractivity contribution in [2.24, 2.45) is 29.8 Å². The predicted octanol–water partition coefficient (Wildman–Crippen LogP) is 4.76. The Kier molecular flexibility index (Phi) is 12.0. The van der Waals surface area contributed by atoms with E-state index in [0.29, 0.717) is 31.6 Å². The molecule has 9 heteroatoms. The molecule has 236 valence electrons. The predicted molar refractivity (Wildman–Crippen MR) is 169 cm³/mol. The Labute approximate surface area is 256 Å². The fourth-order valence-electron chi connectivity index (χ4n) is 6.10. The summed E-state index contributed by atoms with van der Waals surface area (Å²) in [5.41, 5.74) is 4.95. The summed E-state index contributed by atoms with van der Waals surface area (Å²) >= 11 is 0. The van der Waals surface area contributed by atoms with Gasteiger partial charge in [0, 0.05) is 57.2 Å². The first-order valence-electron chi connectivity index (χ1n) is 15.7. The average Bonchev–Trinajstić information content (AvgIpc) is 3.15. The highest BCUT2D eigenvalue weighted by Crippen LogP contribution is 2.36. The zero-order valence-electron chi connectivity index (χ0n) is 26.7. The second-order valence-corrected chi connectivity index (χ2v) is 12.4. The molecule has 1 aromatic heterocycles. The molecule has 1 N–H and O–H groups in total. The maximum atomic E-state index is 12.6. The Balaban J connectivity index is 1.46. The van der Waals surface area contributed by atoms with Crippen LogP contribution in [0, 0.1) is 24.7 Å². The summed E-state index contributed by atoms with van der Waals surface area (Å²) in [4.78, 5) is 30.3. The van der Waals surface area contributed by atoms with Crippen molar-refractivity contribution < 1.29 is 23.7 Å². The normalized spacial score (nSPS) is 18.9. The molecule has 1 fully saturated rings. The minimum absolute atomic E-state index is 0.0212. The van der Waals surface area contributed by atoms with Crippen LogP contribution in [0.2, 0.25) is 0 Å². The van der Waals surface area contributed by atoms with Crippen LogP contribution in [0.3, 0.4) is 0 Å². The number of methoxy groups -OCH3 is 1. The van der Waals surface area contributed by atoms with Crippen LogP contribution in [0.15, 0.2) is 40.2 Å². The monoisotopic (exact) mass is 595 g/mol. The summed E-state index contributed by atoms with van der Waals surface area (Å²) in [6, 6.07) is 7.67. The standard InChI is InChI=1S/C34H49N3O6/c1-22(2)31(34(39)43-24(4)21-40-6)35-13-16-42-29-9-10-30-26(19-29)7-8-27(18-25-11-14-41-15-12-25)32(36-30)28-17-23(3)33(38)37(5)20-28/h9-10,17,19-20,22,24-25,27,31,35H,7-8,11-16,18,21H2,1-6H3/t24-,27?,31-/m0/s1. The molecule has 1 saturated heterocycles. The molecule has 2 aromatic rings. The lowest BCUT2D eigenvalue weighted by molar-refractivity contribution is -0.154. The summed E-state index contributed by atoms with van der Waals surface area (Å²) < 4.78 is 24.0. The molecule has 0 aliphatic carbocycles. The maximum Gasteiger partial charge on any atom is 0.323 e. The van der Waals surface area contributed by atoms with Gasteiger partial charge in [-0.3, -0.25) is 14.6 Å². The number of carbonyl (C=O) groups excluding carboxylic acids is 1. The highest BCUT2D eigenvalue weighted by atomic mass is 16.6. The molecule has 4 rings (SSSR count). The van der Waals surface area contributed by atoms with E-state index in [1.165, 1.54) is 0 Å². The van der Waals surface area contributed by atoms with Gasteiger partial charge in [0.25, 0.3) is 5.56 Å². The third-order valence-electron chi connectivity index (χ3n) is 8.43. The van der Waals surface area contributed by atoms with Crippen LogP contribution in [-0.4, -0.2) is 68.5 Å². The number of ether oxygens (including phenoxy) is 4. The van der Waals surface area contributed by atoms with E-state index in [2.05, 4.69) is 11.4 Å². The Morgan fingerprint density at radius 2 is 1.93 bits per heavy atom. The van der Waals surface area contributed by atoms with Gasteiger partial charge in [0.05, 0.1) is 18.0 Å². The van der Waals surface area contributed by atoms with Crippen molar-refractivity contribution in [2.45, 2.75) is 71.9 Å². The zero-order chi connectivity index (χ0) is 30.9. The number of aromatic nitrogens is 1. The lowest BCUT2D eigenvalue weighted by Crippen LogP contribution is -2.45. The number of carbonyl (C=O) groups is 1. The van der Waals surface area contributed by atoms with Crippen molar-refractivity contribution in [3.63, 3.8) is 0 Å². The number of pyridine rings is 1. The van der Waals surface area contributed by atoms with Crippen molar-refractivity contribution in [1.29, 1.82) is 0 Å². The van der Waals surface area contributed by atoms with Gasteiger partial charge in [0.15, 0.2) is 0 Å². The number of aliphatic imine (C=N–C) groups is 1. The van der Waals surface area contributed by atoms with E-state index in [4.69, 9.17) is 23.9 Å². The van der Waals surface area contributed by atoms with E-state index in [9.17, 15) is 9.59 Å². The number of aryl methyl sites for hydroxylation is 3. The van der Waals surface area contributed by atoms with Gasteiger partial charge in [0.1, 0.15) is 24.5 Å².